The summed E-state index contributed by atoms with van der Waals surface area (Å²) in [5.41, 5.74) is 0. The Morgan fingerprint density at radius 2 is 1.00 bits per heavy atom. The molecule has 0 unspecified atom stereocenters. The molecule has 0 rings (SSSR count). The van der Waals surface area contributed by atoms with Crippen LogP contribution in [0.2, 0.25) is 0 Å². The number of hydrogen-bond donors (Lipinski definition) is 0. The summed E-state index contributed by atoms with van der Waals surface area (Å²) in [4.78, 5) is 0. The van der Waals surface area contributed by atoms with E-state index in [1.165, 1.54) is 27.7 Å². The van der Waals surface area contributed by atoms with Crippen LogP contribution in [-0.4, -0.2) is 27.3 Å². The molecule has 79 valence electrons. The molecule has 0 aliphatic heterocycles. The Morgan fingerprint density at radius 3 is 1.15 bits per heavy atom. The molecule has 1 radical (unpaired) electrons. The lowest BCUT2D eigenvalue weighted by Crippen LogP contribution is -2.23. The van der Waals surface area contributed by atoms with Gasteiger partial charge in [0.25, 0.3) is 0 Å². The van der Waals surface area contributed by atoms with Gasteiger partial charge < -0.3 is 0 Å². The van der Waals surface area contributed by atoms with Gasteiger partial charge in [-0.2, -0.15) is 0 Å². The van der Waals surface area contributed by atoms with E-state index in [1.54, 1.807) is 0 Å². The zero-order valence-corrected chi connectivity index (χ0v) is 9.81. The van der Waals surface area contributed by atoms with Gasteiger partial charge in [-0.05, 0) is 27.7 Å². The molecule has 0 saturated heterocycles. The standard InChI is InChI=1S/C7H15O4S2/c1-6(2)12(8,9)5-13(10,11)7(3)4/h5-7H,1-4H3. The van der Waals surface area contributed by atoms with E-state index in [9.17, 15) is 16.8 Å². The topological polar surface area (TPSA) is 68.3 Å². The third-order valence-electron chi connectivity index (χ3n) is 1.58. The highest BCUT2D eigenvalue weighted by atomic mass is 32.3. The monoisotopic (exact) mass is 227 g/mol. The first kappa shape index (κ1) is 12.9. The summed E-state index contributed by atoms with van der Waals surface area (Å²) < 4.78 is 44.9. The summed E-state index contributed by atoms with van der Waals surface area (Å²) in [6.07, 6.45) is 0. The summed E-state index contributed by atoms with van der Waals surface area (Å²) in [5.74, 6) is 0. The third-order valence-corrected chi connectivity index (χ3v) is 6.36. The van der Waals surface area contributed by atoms with Gasteiger partial charge in [-0.15, -0.1) is 0 Å². The van der Waals surface area contributed by atoms with E-state index in [0.717, 1.165) is 0 Å². The lowest BCUT2D eigenvalue weighted by atomic mass is 10.6. The van der Waals surface area contributed by atoms with Crippen molar-refractivity contribution < 1.29 is 16.8 Å². The molecule has 0 bridgehead atoms. The van der Waals surface area contributed by atoms with Crippen molar-refractivity contribution in [2.75, 3.05) is 0 Å². The van der Waals surface area contributed by atoms with Gasteiger partial charge in [0.2, 0.25) is 0 Å². The van der Waals surface area contributed by atoms with Crippen molar-refractivity contribution in [3.05, 3.63) is 5.08 Å². The Morgan fingerprint density at radius 1 is 0.769 bits per heavy atom. The second kappa shape index (κ2) is 3.96. The molecule has 4 nitrogen and oxygen atoms in total. The first-order chi connectivity index (χ1) is 5.59. The average Bonchev–Trinajstić information content (AvgIpc) is 1.83. The Balaban J connectivity index is 4.86. The van der Waals surface area contributed by atoms with Gasteiger partial charge in [0.15, 0.2) is 24.8 Å². The van der Waals surface area contributed by atoms with Crippen LogP contribution in [0.15, 0.2) is 0 Å². The van der Waals surface area contributed by atoms with Crippen LogP contribution in [0.1, 0.15) is 27.7 Å². The van der Waals surface area contributed by atoms with Crippen molar-refractivity contribution >= 4 is 19.7 Å². The summed E-state index contributed by atoms with van der Waals surface area (Å²) in [6, 6.07) is 0. The fourth-order valence-electron chi connectivity index (χ4n) is 0.409. The average molecular weight is 227 g/mol. The van der Waals surface area contributed by atoms with Crippen molar-refractivity contribution in [3.8, 4) is 0 Å². The van der Waals surface area contributed by atoms with E-state index in [-0.39, 0.29) is 0 Å². The summed E-state index contributed by atoms with van der Waals surface area (Å²) >= 11 is 0. The predicted molar refractivity (Wildman–Crippen MR) is 52.4 cm³/mol. The molecule has 0 aromatic heterocycles. The van der Waals surface area contributed by atoms with Crippen molar-refractivity contribution in [3.63, 3.8) is 0 Å². The molecule has 0 aromatic carbocycles. The Kier molecular flexibility index (Phi) is 3.93. The van der Waals surface area contributed by atoms with Crippen LogP contribution in [0, 0.1) is 5.08 Å². The second-order valence-corrected chi connectivity index (χ2v) is 8.38. The van der Waals surface area contributed by atoms with Crippen LogP contribution in [0.25, 0.3) is 0 Å². The lowest BCUT2D eigenvalue weighted by molar-refractivity contribution is 0.585. The van der Waals surface area contributed by atoms with Crippen LogP contribution < -0.4 is 0 Å². The van der Waals surface area contributed by atoms with E-state index in [0.29, 0.717) is 5.08 Å². The normalized spacial score (nSPS) is 14.0. The molecule has 0 aliphatic rings. The van der Waals surface area contributed by atoms with Gasteiger partial charge >= 0.3 is 0 Å². The van der Waals surface area contributed by atoms with E-state index < -0.39 is 30.2 Å². The highest BCUT2D eigenvalue weighted by Crippen LogP contribution is 2.14. The van der Waals surface area contributed by atoms with E-state index >= 15 is 0 Å². The van der Waals surface area contributed by atoms with E-state index in [2.05, 4.69) is 0 Å². The molecular formula is C7H15O4S2. The van der Waals surface area contributed by atoms with Crippen molar-refractivity contribution in [1.82, 2.24) is 0 Å². The van der Waals surface area contributed by atoms with Crippen LogP contribution in [0.5, 0.6) is 0 Å². The maximum absolute atomic E-state index is 11.2. The fourth-order valence-corrected chi connectivity index (χ4v) is 3.68. The summed E-state index contributed by atoms with van der Waals surface area (Å²) in [5, 5.41) is -0.919. The molecule has 0 saturated carbocycles. The van der Waals surface area contributed by atoms with Gasteiger partial charge in [0.1, 0.15) is 0 Å². The molecule has 13 heavy (non-hydrogen) atoms. The minimum absolute atomic E-state index is 0.468. The zero-order valence-electron chi connectivity index (χ0n) is 8.18. The minimum atomic E-state index is -3.61. The molecule has 0 heterocycles. The van der Waals surface area contributed by atoms with Crippen LogP contribution in [0.4, 0.5) is 0 Å². The van der Waals surface area contributed by atoms with Gasteiger partial charge in [0.05, 0.1) is 10.5 Å². The number of rotatable bonds is 4. The molecule has 6 heteroatoms. The second-order valence-electron chi connectivity index (χ2n) is 3.37. The van der Waals surface area contributed by atoms with Gasteiger partial charge in [-0.3, -0.25) is 0 Å². The van der Waals surface area contributed by atoms with Gasteiger partial charge in [-0.25, -0.2) is 16.8 Å². The molecule has 0 aliphatic carbocycles. The molecule has 0 fully saturated rings. The molecule has 0 spiro atoms. The first-order valence-electron chi connectivity index (χ1n) is 3.92. The van der Waals surface area contributed by atoms with Crippen molar-refractivity contribution in [1.29, 1.82) is 0 Å². The van der Waals surface area contributed by atoms with Crippen LogP contribution in [0.3, 0.4) is 0 Å². The number of sulfone groups is 2. The Labute approximate surface area is 80.2 Å². The smallest absolute Gasteiger partial charge is 0.194 e. The highest BCUT2D eigenvalue weighted by Gasteiger charge is 2.28. The van der Waals surface area contributed by atoms with Gasteiger partial charge in [0, 0.05) is 0 Å². The maximum Gasteiger partial charge on any atom is 0.194 e. The Bertz CT molecular complexity index is 312. The summed E-state index contributed by atoms with van der Waals surface area (Å²) in [7, 11) is -7.23. The largest absolute Gasteiger partial charge is 0.227 e. The SMILES string of the molecule is CC(C)S(=O)(=O)[CH]S(=O)(=O)C(C)C. The molecule has 0 N–H and O–H groups in total. The van der Waals surface area contributed by atoms with Crippen LogP contribution >= 0.6 is 0 Å². The molecule has 0 aromatic rings. The highest BCUT2D eigenvalue weighted by molar-refractivity contribution is 8.11. The van der Waals surface area contributed by atoms with E-state index in [4.69, 9.17) is 0 Å². The number of hydrogen-bond acceptors (Lipinski definition) is 4. The first-order valence-corrected chi connectivity index (χ1v) is 7.14. The maximum atomic E-state index is 11.2. The van der Waals surface area contributed by atoms with Gasteiger partial charge in [-0.1, -0.05) is 0 Å². The van der Waals surface area contributed by atoms with Crippen LogP contribution in [-0.2, 0) is 19.7 Å². The van der Waals surface area contributed by atoms with E-state index in [1.807, 2.05) is 0 Å². The fraction of sp³-hybridized carbons (Fsp3) is 0.857. The molecule has 0 amide bonds. The summed E-state index contributed by atoms with van der Waals surface area (Å²) in [6.45, 7) is 5.78. The lowest BCUT2D eigenvalue weighted by Gasteiger charge is -2.09. The minimum Gasteiger partial charge on any atom is -0.227 e. The quantitative estimate of drug-likeness (QED) is 0.710. The van der Waals surface area contributed by atoms with Crippen molar-refractivity contribution in [2.24, 2.45) is 0 Å². The molecule has 0 atom stereocenters. The Hall–Kier alpha value is -0.100. The third kappa shape index (κ3) is 3.64. The zero-order chi connectivity index (χ0) is 10.9. The molecular weight excluding hydrogens is 212 g/mol. The van der Waals surface area contributed by atoms with Crippen molar-refractivity contribution in [2.45, 2.75) is 38.2 Å². The predicted octanol–water partition coefficient (Wildman–Crippen LogP) is 0.752.